The van der Waals surface area contributed by atoms with Gasteiger partial charge >= 0.3 is 5.69 Å². The molecule has 0 spiro atoms. The van der Waals surface area contributed by atoms with Gasteiger partial charge in [-0.3, -0.25) is 18.6 Å². The lowest BCUT2D eigenvalue weighted by atomic mass is 10.2. The minimum atomic E-state index is -4.05. The van der Waals surface area contributed by atoms with E-state index in [0.717, 1.165) is 20.0 Å². The van der Waals surface area contributed by atoms with E-state index in [-0.39, 0.29) is 23.4 Å². The number of sulfonamides is 1. The van der Waals surface area contributed by atoms with Crippen molar-refractivity contribution >= 4 is 32.3 Å². The molecule has 4 aromatic rings. The number of nitrogens with one attached hydrogen (secondary N) is 1. The molecule has 180 valence electrons. The number of aromatic nitrogens is 5. The predicted molar refractivity (Wildman–Crippen MR) is 129 cm³/mol. The molecular weight excluding hydrogens is 490 g/mol. The number of hydrogen-bond acceptors (Lipinski definition) is 8. The second-order valence-electron chi connectivity index (χ2n) is 8.61. The molecule has 0 unspecified atom stereocenters. The molecule has 13 heteroatoms. The van der Waals surface area contributed by atoms with Gasteiger partial charge in [-0.15, -0.1) is 11.3 Å². The van der Waals surface area contributed by atoms with Gasteiger partial charge < -0.3 is 0 Å². The highest BCUT2D eigenvalue weighted by Crippen LogP contribution is 2.36. The van der Waals surface area contributed by atoms with Gasteiger partial charge in [-0.25, -0.2) is 18.2 Å². The Morgan fingerprint density at radius 3 is 2.57 bits per heavy atom. The highest BCUT2D eigenvalue weighted by Gasteiger charge is 2.46. The molecule has 1 aliphatic rings. The predicted octanol–water partition coefficient (Wildman–Crippen LogP) is 1.09. The first-order valence-corrected chi connectivity index (χ1v) is 13.0. The average Bonchev–Trinajstić information content (AvgIpc) is 3.26. The first-order valence-electron chi connectivity index (χ1n) is 10.7. The summed E-state index contributed by atoms with van der Waals surface area (Å²) in [5.74, 6) is 0. The summed E-state index contributed by atoms with van der Waals surface area (Å²) in [5, 5.41) is 14.3. The lowest BCUT2D eigenvalue weighted by molar-refractivity contribution is 0.571. The SMILES string of the molecule is Cc1ncc(Cn2c(=O)c3cc(S(=O)(=O)NC4(C#N)CC4)ccc3n(Cc3cnn(C)c3)c2=O)s1. The zero-order valence-corrected chi connectivity index (χ0v) is 20.6. The largest absolute Gasteiger partial charge is 0.332 e. The number of hydrogen-bond donors (Lipinski definition) is 1. The van der Waals surface area contributed by atoms with Crippen LogP contribution in [-0.2, 0) is 30.2 Å². The summed E-state index contributed by atoms with van der Waals surface area (Å²) < 4.78 is 32.5. The van der Waals surface area contributed by atoms with Crippen LogP contribution >= 0.6 is 11.3 Å². The van der Waals surface area contributed by atoms with Crippen molar-refractivity contribution in [2.45, 2.75) is 43.3 Å². The lowest BCUT2D eigenvalue weighted by Crippen LogP contribution is -2.40. The van der Waals surface area contributed by atoms with Gasteiger partial charge in [0.25, 0.3) is 5.56 Å². The fourth-order valence-corrected chi connectivity index (χ4v) is 6.10. The Morgan fingerprint density at radius 2 is 1.97 bits per heavy atom. The van der Waals surface area contributed by atoms with Gasteiger partial charge in [0.15, 0.2) is 0 Å². The highest BCUT2D eigenvalue weighted by atomic mass is 32.2. The zero-order valence-electron chi connectivity index (χ0n) is 18.9. The lowest BCUT2D eigenvalue weighted by Gasteiger charge is -2.15. The van der Waals surface area contributed by atoms with Crippen LogP contribution in [0.2, 0.25) is 0 Å². The molecule has 1 aliphatic carbocycles. The molecule has 0 bridgehead atoms. The first kappa shape index (κ1) is 23.2. The molecule has 1 saturated carbocycles. The monoisotopic (exact) mass is 511 g/mol. The molecule has 1 fully saturated rings. The van der Waals surface area contributed by atoms with Crippen LogP contribution in [0.25, 0.3) is 10.9 Å². The van der Waals surface area contributed by atoms with Crippen LogP contribution in [0, 0.1) is 18.3 Å². The molecule has 0 atom stereocenters. The van der Waals surface area contributed by atoms with Crippen LogP contribution in [0.15, 0.2) is 51.3 Å². The Kier molecular flexibility index (Phi) is 5.47. The summed E-state index contributed by atoms with van der Waals surface area (Å²) in [6.07, 6.45) is 5.87. The Hall–Kier alpha value is -3.60. The van der Waals surface area contributed by atoms with Crippen molar-refractivity contribution in [2.24, 2.45) is 7.05 Å². The smallest absolute Gasteiger partial charge is 0.289 e. The summed E-state index contributed by atoms with van der Waals surface area (Å²) in [7, 11) is -2.29. The molecular formula is C22H21N7O4S2. The van der Waals surface area contributed by atoms with E-state index in [4.69, 9.17) is 0 Å². The van der Waals surface area contributed by atoms with Crippen LogP contribution in [0.1, 0.15) is 28.3 Å². The average molecular weight is 512 g/mol. The quantitative estimate of drug-likeness (QED) is 0.391. The number of aryl methyl sites for hydroxylation is 2. The zero-order chi connectivity index (χ0) is 25.0. The van der Waals surface area contributed by atoms with Crippen molar-refractivity contribution in [3.8, 4) is 6.07 Å². The molecule has 0 saturated heterocycles. The minimum Gasteiger partial charge on any atom is -0.289 e. The maximum absolute atomic E-state index is 13.5. The Bertz CT molecular complexity index is 1730. The van der Waals surface area contributed by atoms with Crippen molar-refractivity contribution < 1.29 is 8.42 Å². The fourth-order valence-electron chi connectivity index (χ4n) is 3.91. The second kappa shape index (κ2) is 8.26. The van der Waals surface area contributed by atoms with Crippen molar-refractivity contribution in [3.63, 3.8) is 0 Å². The van der Waals surface area contributed by atoms with Crippen molar-refractivity contribution in [3.05, 3.63) is 73.1 Å². The summed E-state index contributed by atoms with van der Waals surface area (Å²) in [6.45, 7) is 1.99. The fraction of sp³-hybridized carbons (Fsp3) is 0.318. The third-order valence-electron chi connectivity index (χ3n) is 5.88. The number of thiazole rings is 1. The third kappa shape index (κ3) is 4.31. The van der Waals surface area contributed by atoms with Gasteiger partial charge in [0.05, 0.1) is 46.2 Å². The maximum atomic E-state index is 13.5. The maximum Gasteiger partial charge on any atom is 0.332 e. The third-order valence-corrected chi connectivity index (χ3v) is 8.31. The van der Waals surface area contributed by atoms with Crippen LogP contribution < -0.4 is 16.0 Å². The number of rotatable bonds is 7. The van der Waals surface area contributed by atoms with E-state index in [1.54, 1.807) is 30.3 Å². The van der Waals surface area contributed by atoms with E-state index in [9.17, 15) is 23.3 Å². The number of fused-ring (bicyclic) bond motifs is 1. The minimum absolute atomic E-state index is 0.0128. The van der Waals surface area contributed by atoms with Crippen molar-refractivity contribution in [1.82, 2.24) is 28.6 Å². The molecule has 1 aromatic carbocycles. The molecule has 0 aliphatic heterocycles. The summed E-state index contributed by atoms with van der Waals surface area (Å²) >= 11 is 1.37. The van der Waals surface area contributed by atoms with Crippen LogP contribution in [0.4, 0.5) is 0 Å². The van der Waals surface area contributed by atoms with Crippen LogP contribution in [0.5, 0.6) is 0 Å². The second-order valence-corrected chi connectivity index (χ2v) is 11.6. The highest BCUT2D eigenvalue weighted by molar-refractivity contribution is 7.89. The van der Waals surface area contributed by atoms with E-state index in [1.165, 1.54) is 34.1 Å². The Labute approximate surface area is 203 Å². The topological polar surface area (TPSA) is 145 Å². The van der Waals surface area contributed by atoms with Gasteiger partial charge in [0.1, 0.15) is 5.54 Å². The Balaban J connectivity index is 1.69. The number of nitriles is 1. The number of benzene rings is 1. The van der Waals surface area contributed by atoms with E-state index in [0.29, 0.717) is 18.4 Å². The molecule has 3 heterocycles. The van der Waals surface area contributed by atoms with Gasteiger partial charge in [0.2, 0.25) is 10.0 Å². The van der Waals surface area contributed by atoms with E-state index < -0.39 is 26.8 Å². The van der Waals surface area contributed by atoms with Gasteiger partial charge in [-0.2, -0.15) is 15.1 Å². The molecule has 0 amide bonds. The van der Waals surface area contributed by atoms with E-state index in [2.05, 4.69) is 14.8 Å². The van der Waals surface area contributed by atoms with E-state index >= 15 is 0 Å². The summed E-state index contributed by atoms with van der Waals surface area (Å²) in [4.78, 5) is 31.7. The normalized spacial score (nSPS) is 14.8. The van der Waals surface area contributed by atoms with Crippen LogP contribution in [0.3, 0.4) is 0 Å². The van der Waals surface area contributed by atoms with E-state index in [1.807, 2.05) is 13.0 Å². The molecule has 35 heavy (non-hydrogen) atoms. The standard InChI is InChI=1S/C22H21N7O4S2/c1-14-24-9-16(34-14)12-29-20(30)18-7-17(35(32,33)26-22(13-23)5-6-22)3-4-19(18)28(21(29)31)11-15-8-25-27(2)10-15/h3-4,7-10,26H,5-6,11-12H2,1-2H3. The van der Waals surface area contributed by atoms with Gasteiger partial charge in [-0.1, -0.05) is 0 Å². The molecule has 5 rings (SSSR count). The van der Waals surface area contributed by atoms with Gasteiger partial charge in [0, 0.05) is 29.9 Å². The number of nitrogens with zero attached hydrogens (tertiary/aromatic N) is 6. The first-order chi connectivity index (χ1) is 16.6. The van der Waals surface area contributed by atoms with Crippen molar-refractivity contribution in [2.75, 3.05) is 0 Å². The van der Waals surface area contributed by atoms with Crippen LogP contribution in [-0.4, -0.2) is 37.9 Å². The van der Waals surface area contributed by atoms with Gasteiger partial charge in [-0.05, 0) is 38.0 Å². The van der Waals surface area contributed by atoms with Crippen molar-refractivity contribution in [1.29, 1.82) is 5.26 Å². The molecule has 0 radical (unpaired) electrons. The summed E-state index contributed by atoms with van der Waals surface area (Å²) in [5.41, 5.74) is -1.17. The summed E-state index contributed by atoms with van der Waals surface area (Å²) in [6, 6.07) is 6.06. The molecule has 1 N–H and O–H groups in total. The Morgan fingerprint density at radius 1 is 1.20 bits per heavy atom. The molecule has 3 aromatic heterocycles. The molecule has 11 nitrogen and oxygen atoms in total.